The van der Waals surface area contributed by atoms with E-state index in [1.54, 1.807) is 0 Å². The third-order valence-corrected chi connectivity index (χ3v) is 0.450. The molecule has 0 aliphatic carbocycles. The fourth-order valence-electron chi connectivity index (χ4n) is 0.125. The molecule has 50 valence electrons. The summed E-state index contributed by atoms with van der Waals surface area (Å²) in [6, 6.07) is 0. The molecule has 0 bridgehead atoms. The quantitative estimate of drug-likeness (QED) is 0.603. The Bertz CT molecular complexity index is 65.5. The topological polar surface area (TPSA) is 29.5 Å². The third-order valence-electron chi connectivity index (χ3n) is 0.450. The first kappa shape index (κ1) is 7.71. The van der Waals surface area contributed by atoms with Crippen LogP contribution in [0.3, 0.4) is 0 Å². The summed E-state index contributed by atoms with van der Waals surface area (Å²) in [5.74, 6) is 0. The van der Waals surface area contributed by atoms with Crippen LogP contribution in [-0.4, -0.2) is 24.7 Å². The molecular weight excluding hydrogens is 125 g/mol. The van der Waals surface area contributed by atoms with E-state index < -0.39 is 19.6 Å². The number of aliphatic hydroxyl groups is 1. The van der Waals surface area contributed by atoms with E-state index in [9.17, 15) is 13.2 Å². The van der Waals surface area contributed by atoms with E-state index in [4.69, 9.17) is 5.11 Å². The van der Waals surface area contributed by atoms with Crippen LogP contribution >= 0.6 is 0 Å². The van der Waals surface area contributed by atoms with Crippen LogP contribution in [0.2, 0.25) is 0 Å². The van der Waals surface area contributed by atoms with Gasteiger partial charge in [0.05, 0.1) is 0 Å². The Morgan fingerprint density at radius 1 is 1.50 bits per heavy atom. The zero-order chi connectivity index (χ0) is 6.62. The van der Waals surface area contributed by atoms with Crippen LogP contribution in [0.4, 0.5) is 13.2 Å². The predicted octanol–water partition coefficient (Wildman–Crippen LogP) is 0.515. The monoisotopic (exact) mass is 130 g/mol. The van der Waals surface area contributed by atoms with E-state index in [1.807, 2.05) is 0 Å². The minimum Gasteiger partial charge on any atom is -0.387 e. The third kappa shape index (κ3) is 2.81. The Morgan fingerprint density at radius 3 is 2.12 bits per heavy atom. The number of ether oxygens (including phenoxy) is 1. The van der Waals surface area contributed by atoms with E-state index in [0.29, 0.717) is 0 Å². The zero-order valence-electron chi connectivity index (χ0n) is 3.90. The minimum absolute atomic E-state index is 1.49. The summed E-state index contributed by atoms with van der Waals surface area (Å²) in [5, 5.41) is 7.68. The van der Waals surface area contributed by atoms with Gasteiger partial charge in [0.25, 0.3) is 0 Å². The molecule has 0 rings (SSSR count). The Hall–Kier alpha value is -0.290. The second kappa shape index (κ2) is 2.88. The highest BCUT2D eigenvalue weighted by atomic mass is 19.3. The molecule has 5 heteroatoms. The average Bonchev–Trinajstić information content (AvgIpc) is 1.67. The summed E-state index contributed by atoms with van der Waals surface area (Å²) in [6.07, 6.45) is -3.73. The van der Waals surface area contributed by atoms with Gasteiger partial charge in [-0.3, -0.25) is 4.74 Å². The highest BCUT2D eigenvalue weighted by Crippen LogP contribution is 2.12. The molecule has 0 fully saturated rings. The van der Waals surface area contributed by atoms with Crippen molar-refractivity contribution >= 4 is 0 Å². The Balaban J connectivity index is 3.37. The molecule has 0 saturated carbocycles. The van der Waals surface area contributed by atoms with Crippen LogP contribution in [0.15, 0.2) is 0 Å². The number of hydrogen-bond acceptors (Lipinski definition) is 2. The lowest BCUT2D eigenvalue weighted by Crippen LogP contribution is -2.24. The molecule has 2 nitrogen and oxygen atoms in total. The number of alkyl halides is 3. The average molecular weight is 130 g/mol. The van der Waals surface area contributed by atoms with Crippen molar-refractivity contribution in [3.05, 3.63) is 0 Å². The maximum absolute atomic E-state index is 11.4. The van der Waals surface area contributed by atoms with Crippen molar-refractivity contribution in [3.63, 3.8) is 0 Å². The summed E-state index contributed by atoms with van der Waals surface area (Å²) in [4.78, 5) is 0. The van der Waals surface area contributed by atoms with Gasteiger partial charge in [-0.2, -0.15) is 8.78 Å². The Kier molecular flexibility index (Phi) is 2.78. The number of aliphatic hydroxyl groups excluding tert-OH is 1. The molecule has 0 aliphatic heterocycles. The van der Waals surface area contributed by atoms with E-state index >= 15 is 0 Å². The van der Waals surface area contributed by atoms with Gasteiger partial charge >= 0.3 is 6.11 Å². The smallest absolute Gasteiger partial charge is 0.380 e. The van der Waals surface area contributed by atoms with Crippen LogP contribution in [0.1, 0.15) is 0 Å². The van der Waals surface area contributed by atoms with Gasteiger partial charge < -0.3 is 5.11 Å². The van der Waals surface area contributed by atoms with Gasteiger partial charge in [0.1, 0.15) is 6.61 Å². The van der Waals surface area contributed by atoms with Gasteiger partial charge in [0, 0.05) is 0 Å². The summed E-state index contributed by atoms with van der Waals surface area (Å²) in [5.41, 5.74) is 0. The van der Waals surface area contributed by atoms with Gasteiger partial charge in [-0.25, -0.2) is 4.39 Å². The van der Waals surface area contributed by atoms with Crippen molar-refractivity contribution < 1.29 is 23.0 Å². The lowest BCUT2D eigenvalue weighted by atomic mass is 10.7. The fourth-order valence-corrected chi connectivity index (χ4v) is 0.125. The van der Waals surface area contributed by atoms with Crippen molar-refractivity contribution in [3.8, 4) is 0 Å². The summed E-state index contributed by atoms with van der Waals surface area (Å²) in [6.45, 7) is -3.08. The molecule has 0 heterocycles. The SMILES string of the molecule is OCC(F)(F)OCF. The Morgan fingerprint density at radius 2 is 2.00 bits per heavy atom. The molecule has 0 amide bonds. The number of hydrogen-bond donors (Lipinski definition) is 1. The van der Waals surface area contributed by atoms with E-state index in [0.717, 1.165) is 0 Å². The van der Waals surface area contributed by atoms with Crippen LogP contribution < -0.4 is 0 Å². The van der Waals surface area contributed by atoms with Crippen molar-refractivity contribution in [1.82, 2.24) is 0 Å². The van der Waals surface area contributed by atoms with Crippen LogP contribution in [-0.2, 0) is 4.74 Å². The molecule has 0 radical (unpaired) electrons. The fraction of sp³-hybridized carbons (Fsp3) is 1.00. The zero-order valence-corrected chi connectivity index (χ0v) is 3.90. The maximum atomic E-state index is 11.4. The van der Waals surface area contributed by atoms with Crippen molar-refractivity contribution in [1.29, 1.82) is 0 Å². The lowest BCUT2D eigenvalue weighted by molar-refractivity contribution is -0.272. The molecule has 0 unspecified atom stereocenters. The highest BCUT2D eigenvalue weighted by Gasteiger charge is 2.28. The van der Waals surface area contributed by atoms with Crippen LogP contribution in [0.25, 0.3) is 0 Å². The molecule has 0 saturated heterocycles. The molecule has 0 aliphatic rings. The molecular formula is C3H5F3O2. The molecule has 1 N–H and O–H groups in total. The standard InChI is InChI=1S/C3H5F3O2/c4-2-8-3(5,6)1-7/h7H,1-2H2. The van der Waals surface area contributed by atoms with Crippen molar-refractivity contribution in [2.45, 2.75) is 6.11 Å². The summed E-state index contributed by atoms with van der Waals surface area (Å²) in [7, 11) is 0. The minimum atomic E-state index is -3.73. The van der Waals surface area contributed by atoms with Crippen molar-refractivity contribution in [2.24, 2.45) is 0 Å². The van der Waals surface area contributed by atoms with E-state index in [2.05, 4.69) is 4.74 Å². The van der Waals surface area contributed by atoms with E-state index in [-0.39, 0.29) is 0 Å². The largest absolute Gasteiger partial charge is 0.387 e. The normalized spacial score (nSPS) is 12.0. The predicted molar refractivity (Wildman–Crippen MR) is 19.1 cm³/mol. The lowest BCUT2D eigenvalue weighted by Gasteiger charge is -2.09. The number of rotatable bonds is 3. The highest BCUT2D eigenvalue weighted by molar-refractivity contribution is 4.43. The van der Waals surface area contributed by atoms with Gasteiger partial charge in [-0.1, -0.05) is 0 Å². The van der Waals surface area contributed by atoms with Gasteiger partial charge in [-0.05, 0) is 0 Å². The van der Waals surface area contributed by atoms with Gasteiger partial charge in [0.15, 0.2) is 6.86 Å². The molecule has 0 aromatic heterocycles. The summed E-state index contributed by atoms with van der Waals surface area (Å²) >= 11 is 0. The molecule has 8 heavy (non-hydrogen) atoms. The maximum Gasteiger partial charge on any atom is 0.380 e. The molecule has 0 spiro atoms. The Labute approximate surface area is 43.9 Å². The first-order chi connectivity index (χ1) is 3.62. The second-order valence-corrected chi connectivity index (χ2v) is 1.05. The molecule has 0 aromatic rings. The van der Waals surface area contributed by atoms with Crippen LogP contribution in [0.5, 0.6) is 0 Å². The van der Waals surface area contributed by atoms with E-state index in [1.165, 1.54) is 0 Å². The molecule has 0 aromatic carbocycles. The number of halogens is 3. The van der Waals surface area contributed by atoms with Crippen molar-refractivity contribution in [2.75, 3.05) is 13.5 Å². The van der Waals surface area contributed by atoms with Gasteiger partial charge in [-0.15, -0.1) is 0 Å². The first-order valence-electron chi connectivity index (χ1n) is 1.81. The van der Waals surface area contributed by atoms with Crippen LogP contribution in [0, 0.1) is 0 Å². The van der Waals surface area contributed by atoms with Gasteiger partial charge in [0.2, 0.25) is 0 Å². The summed E-state index contributed by atoms with van der Waals surface area (Å²) < 4.78 is 36.9. The second-order valence-electron chi connectivity index (χ2n) is 1.05. The first-order valence-corrected chi connectivity index (χ1v) is 1.81. The molecule has 0 atom stereocenters.